The molecule has 0 amide bonds. The average molecular weight is 679 g/mol. The normalized spacial score (nSPS) is 9.98. The first kappa shape index (κ1) is 35.9. The molecule has 12 nitrogen and oxygen atoms in total. The fraction of sp³-hybridized carbons (Fsp3) is 0.0789. The number of carboxylic acid groups (broad SMARTS) is 2. The summed E-state index contributed by atoms with van der Waals surface area (Å²) in [6.45, 7) is 0.305. The number of carbonyl (C=O) groups is 3. The van der Waals surface area contributed by atoms with Crippen molar-refractivity contribution in [1.82, 2.24) is 0 Å². The Morgan fingerprint density at radius 1 is 0.600 bits per heavy atom. The van der Waals surface area contributed by atoms with Gasteiger partial charge in [0.2, 0.25) is 0 Å². The van der Waals surface area contributed by atoms with Crippen LogP contribution in [0.2, 0.25) is 0 Å². The van der Waals surface area contributed by atoms with Gasteiger partial charge in [-0.3, -0.25) is 0 Å². The Morgan fingerprint density at radius 2 is 1.16 bits per heavy atom. The number of hydrogen-bond donors (Lipinski definition) is 3. The fourth-order valence-corrected chi connectivity index (χ4v) is 4.15. The van der Waals surface area contributed by atoms with Crippen LogP contribution in [-0.2, 0) is 11.5 Å². The molecular formula is C38H30O12. The Bertz CT molecular complexity index is 1920. The number of phenols is 1. The van der Waals surface area contributed by atoms with E-state index in [9.17, 15) is 24.6 Å². The number of para-hydroxylation sites is 2. The van der Waals surface area contributed by atoms with E-state index in [4.69, 9.17) is 40.3 Å². The molecule has 5 aromatic carbocycles. The van der Waals surface area contributed by atoms with Gasteiger partial charge in [-0.2, -0.15) is 4.89 Å². The highest BCUT2D eigenvalue weighted by Crippen LogP contribution is 2.24. The van der Waals surface area contributed by atoms with Gasteiger partial charge in [0, 0.05) is 5.56 Å². The van der Waals surface area contributed by atoms with Gasteiger partial charge < -0.3 is 39.2 Å². The third-order valence-corrected chi connectivity index (χ3v) is 6.45. The molecule has 254 valence electrons. The summed E-state index contributed by atoms with van der Waals surface area (Å²) in [6.07, 6.45) is 7.04. The van der Waals surface area contributed by atoms with Crippen molar-refractivity contribution in [3.63, 3.8) is 0 Å². The summed E-state index contributed by atoms with van der Waals surface area (Å²) in [5.74, 6) is -1.56. The number of phenolic OH excluding ortho intramolecular Hbond substituents is 1. The maximum absolute atomic E-state index is 12.7. The summed E-state index contributed by atoms with van der Waals surface area (Å²) < 4.78 is 21.4. The van der Waals surface area contributed by atoms with Crippen molar-refractivity contribution in [3.8, 4) is 47.0 Å². The van der Waals surface area contributed by atoms with Crippen LogP contribution in [-0.4, -0.2) is 46.4 Å². The predicted octanol–water partition coefficient (Wildman–Crippen LogP) is 6.63. The second kappa shape index (κ2) is 18.4. The highest BCUT2D eigenvalue weighted by atomic mass is 17.2. The number of carboxylic acids is 2. The molecule has 0 heterocycles. The van der Waals surface area contributed by atoms with Gasteiger partial charge in [0.25, 0.3) is 0 Å². The topological polar surface area (TPSA) is 167 Å². The molecule has 0 aliphatic carbocycles. The molecule has 0 fully saturated rings. The van der Waals surface area contributed by atoms with Gasteiger partial charge in [-0.1, -0.05) is 42.8 Å². The minimum absolute atomic E-state index is 0.0104. The zero-order valence-corrected chi connectivity index (χ0v) is 26.3. The molecular weight excluding hydrogens is 648 g/mol. The lowest BCUT2D eigenvalue weighted by Crippen LogP contribution is -2.14. The second-order valence-corrected chi connectivity index (χ2v) is 9.91. The molecule has 50 heavy (non-hydrogen) atoms. The van der Waals surface area contributed by atoms with E-state index in [2.05, 4.69) is 0 Å². The highest BCUT2D eigenvalue weighted by Gasteiger charge is 2.20. The van der Waals surface area contributed by atoms with Crippen LogP contribution in [0.4, 0.5) is 0 Å². The van der Waals surface area contributed by atoms with E-state index in [1.165, 1.54) is 60.7 Å². The number of esters is 1. The summed E-state index contributed by atoms with van der Waals surface area (Å²) >= 11 is 0. The Kier molecular flexibility index (Phi) is 13.2. The van der Waals surface area contributed by atoms with Crippen molar-refractivity contribution >= 4 is 17.9 Å². The SMILES string of the molecule is C#COc1ccc(C(=O)O)c(C(=O)Oc2ccc(OOCc3cc(OCCOc4ccccc4)ccc3C(=O)O)cc2)c1.Oc1ccccc1. The number of benzene rings is 5. The zero-order chi connectivity index (χ0) is 35.7. The largest absolute Gasteiger partial charge is 0.508 e. The van der Waals surface area contributed by atoms with Crippen LogP contribution in [0.15, 0.2) is 121 Å². The Balaban J connectivity index is 0.000000714. The van der Waals surface area contributed by atoms with Crippen molar-refractivity contribution in [1.29, 1.82) is 0 Å². The van der Waals surface area contributed by atoms with Gasteiger partial charge in [0.1, 0.15) is 54.7 Å². The van der Waals surface area contributed by atoms with Crippen LogP contribution in [0, 0.1) is 12.5 Å². The van der Waals surface area contributed by atoms with Crippen molar-refractivity contribution < 1.29 is 58.4 Å². The summed E-state index contributed by atoms with van der Waals surface area (Å²) in [6, 6.07) is 31.8. The second-order valence-electron chi connectivity index (χ2n) is 9.91. The molecule has 0 aliphatic heterocycles. The minimum atomic E-state index is -1.33. The number of carbonyl (C=O) groups excluding carboxylic acids is 1. The van der Waals surface area contributed by atoms with E-state index in [1.807, 2.05) is 42.5 Å². The molecule has 0 aliphatic rings. The minimum Gasteiger partial charge on any atom is -0.508 e. The molecule has 0 radical (unpaired) electrons. The lowest BCUT2D eigenvalue weighted by Gasteiger charge is -2.12. The molecule has 12 heteroatoms. The van der Waals surface area contributed by atoms with Crippen molar-refractivity contribution in [3.05, 3.63) is 144 Å². The Morgan fingerprint density at radius 3 is 1.76 bits per heavy atom. The fourth-order valence-electron chi connectivity index (χ4n) is 4.15. The number of rotatable bonds is 14. The van der Waals surface area contributed by atoms with Crippen LogP contribution in [0.5, 0.6) is 34.5 Å². The molecule has 3 N–H and O–H groups in total. The highest BCUT2D eigenvalue weighted by molar-refractivity contribution is 6.03. The molecule has 0 aromatic heterocycles. The number of aromatic hydroxyl groups is 1. The summed E-state index contributed by atoms with van der Waals surface area (Å²) in [7, 11) is 0. The van der Waals surface area contributed by atoms with Crippen LogP contribution in [0.25, 0.3) is 0 Å². The molecule has 5 aromatic rings. The molecule has 0 saturated carbocycles. The lowest BCUT2D eigenvalue weighted by atomic mass is 10.1. The number of terminal acetylenes is 1. The molecule has 0 atom stereocenters. The van der Waals surface area contributed by atoms with Crippen molar-refractivity contribution in [2.75, 3.05) is 13.2 Å². The van der Waals surface area contributed by atoms with Gasteiger partial charge in [-0.05, 0) is 84.9 Å². The first-order chi connectivity index (χ1) is 24.2. The maximum atomic E-state index is 12.7. The molecule has 0 bridgehead atoms. The third-order valence-electron chi connectivity index (χ3n) is 6.45. The van der Waals surface area contributed by atoms with Gasteiger partial charge in [0.15, 0.2) is 5.75 Å². The van der Waals surface area contributed by atoms with E-state index in [1.54, 1.807) is 24.3 Å². The van der Waals surface area contributed by atoms with E-state index in [0.717, 1.165) is 0 Å². The van der Waals surface area contributed by atoms with Crippen LogP contribution in [0.3, 0.4) is 0 Å². The standard InChI is InChI=1S/C32H24O11.C6H6O/c1-2-38-26-13-15-28(31(35)36)29(19-26)32(37)42-23-8-10-24(11-9-23)43-41-20-21-18-25(12-14-27(21)30(33)34)40-17-16-39-22-6-4-3-5-7-22;7-6-4-2-1-3-5-6/h1,3-15,18-19H,16-17,20H2,(H,33,34)(H,35,36);1-5,7H. The third kappa shape index (κ3) is 11.1. The number of ether oxygens (including phenoxy) is 4. The van der Waals surface area contributed by atoms with E-state index < -0.39 is 17.9 Å². The summed E-state index contributed by atoms with van der Waals surface area (Å²) in [5, 5.41) is 27.6. The summed E-state index contributed by atoms with van der Waals surface area (Å²) in [5.41, 5.74) is -0.229. The van der Waals surface area contributed by atoms with Crippen LogP contribution < -0.4 is 23.8 Å². The Labute approximate surface area is 286 Å². The lowest BCUT2D eigenvalue weighted by molar-refractivity contribution is -0.217. The molecule has 5 rings (SSSR count). The first-order valence-corrected chi connectivity index (χ1v) is 14.8. The van der Waals surface area contributed by atoms with Crippen LogP contribution >= 0.6 is 0 Å². The van der Waals surface area contributed by atoms with Gasteiger partial charge in [0.05, 0.1) is 16.7 Å². The molecule has 0 spiro atoms. The molecule has 0 unspecified atom stereocenters. The predicted molar refractivity (Wildman–Crippen MR) is 179 cm³/mol. The monoisotopic (exact) mass is 678 g/mol. The first-order valence-electron chi connectivity index (χ1n) is 14.8. The van der Waals surface area contributed by atoms with Crippen molar-refractivity contribution in [2.24, 2.45) is 0 Å². The molecule has 0 saturated heterocycles. The Hall–Kier alpha value is -6.97. The average Bonchev–Trinajstić information content (AvgIpc) is 3.12. The zero-order valence-electron chi connectivity index (χ0n) is 26.3. The van der Waals surface area contributed by atoms with Crippen molar-refractivity contribution in [2.45, 2.75) is 6.61 Å². The van der Waals surface area contributed by atoms with E-state index in [0.29, 0.717) is 22.8 Å². The van der Waals surface area contributed by atoms with Gasteiger partial charge in [-0.15, -0.1) is 0 Å². The van der Waals surface area contributed by atoms with E-state index >= 15 is 0 Å². The maximum Gasteiger partial charge on any atom is 0.344 e. The quantitative estimate of drug-likeness (QED) is 0.0287. The van der Waals surface area contributed by atoms with E-state index in [-0.39, 0.29) is 53.8 Å². The van der Waals surface area contributed by atoms with Gasteiger partial charge in [-0.25, -0.2) is 14.4 Å². The number of hydrogen-bond acceptors (Lipinski definition) is 10. The summed E-state index contributed by atoms with van der Waals surface area (Å²) in [4.78, 5) is 46.4. The van der Waals surface area contributed by atoms with Gasteiger partial charge >= 0.3 is 17.9 Å². The number of aromatic carboxylic acids is 2. The van der Waals surface area contributed by atoms with Crippen LogP contribution in [0.1, 0.15) is 36.6 Å². The smallest absolute Gasteiger partial charge is 0.344 e.